The van der Waals surface area contributed by atoms with E-state index in [0.717, 1.165) is 11.1 Å². The minimum absolute atomic E-state index is 0.0926. The van der Waals surface area contributed by atoms with Gasteiger partial charge in [-0.1, -0.05) is 60.7 Å². The first-order valence-electron chi connectivity index (χ1n) is 7.93. The van der Waals surface area contributed by atoms with Crippen molar-refractivity contribution >= 4 is 12.0 Å². The molecule has 0 saturated heterocycles. The lowest BCUT2D eigenvalue weighted by Gasteiger charge is -2.30. The lowest BCUT2D eigenvalue weighted by molar-refractivity contribution is -0.136. The van der Waals surface area contributed by atoms with E-state index in [4.69, 9.17) is 5.11 Å². The van der Waals surface area contributed by atoms with Crippen LogP contribution in [0.25, 0.3) is 0 Å². The molecule has 0 aliphatic rings. The van der Waals surface area contributed by atoms with E-state index in [2.05, 4.69) is 5.32 Å². The number of aliphatic carboxylic acids is 1. The Hall–Kier alpha value is -2.82. The lowest BCUT2D eigenvalue weighted by atomic mass is 10.1. The minimum Gasteiger partial charge on any atom is -0.481 e. The van der Waals surface area contributed by atoms with E-state index in [1.165, 1.54) is 0 Å². The molecule has 0 radical (unpaired) electrons. The first-order valence-corrected chi connectivity index (χ1v) is 7.93. The molecule has 5 heteroatoms. The van der Waals surface area contributed by atoms with Gasteiger partial charge in [0.25, 0.3) is 0 Å². The van der Waals surface area contributed by atoms with Crippen molar-refractivity contribution in [2.45, 2.75) is 25.9 Å². The first-order chi connectivity index (χ1) is 11.6. The number of carboxylic acid groups (broad SMARTS) is 1. The Kier molecular flexibility index (Phi) is 6.37. The Morgan fingerprint density at radius 3 is 2.21 bits per heavy atom. The molecule has 0 bridgehead atoms. The van der Waals surface area contributed by atoms with Crippen LogP contribution in [-0.4, -0.2) is 28.6 Å². The molecule has 0 saturated carbocycles. The highest BCUT2D eigenvalue weighted by Crippen LogP contribution is 2.22. The van der Waals surface area contributed by atoms with E-state index < -0.39 is 5.97 Å². The molecule has 2 aromatic carbocycles. The fourth-order valence-electron chi connectivity index (χ4n) is 2.45. The van der Waals surface area contributed by atoms with Gasteiger partial charge >= 0.3 is 12.0 Å². The molecular weight excluding hydrogens is 304 g/mol. The highest BCUT2D eigenvalue weighted by molar-refractivity contribution is 5.75. The SMILES string of the molecule is C[C@H](c1ccccc1)N(Cc1ccccc1)C(=O)NCCC(=O)O. The molecule has 0 aliphatic heterocycles. The van der Waals surface area contributed by atoms with Crippen LogP contribution < -0.4 is 5.32 Å². The summed E-state index contributed by atoms with van der Waals surface area (Å²) in [6.45, 7) is 2.53. The molecule has 0 unspecified atom stereocenters. The van der Waals surface area contributed by atoms with Gasteiger partial charge in [0, 0.05) is 13.1 Å². The zero-order valence-corrected chi connectivity index (χ0v) is 13.7. The topological polar surface area (TPSA) is 69.6 Å². The molecule has 5 nitrogen and oxygen atoms in total. The molecule has 2 N–H and O–H groups in total. The zero-order valence-electron chi connectivity index (χ0n) is 13.7. The summed E-state index contributed by atoms with van der Waals surface area (Å²) in [5.41, 5.74) is 2.05. The van der Waals surface area contributed by atoms with Crippen molar-refractivity contribution in [3.8, 4) is 0 Å². The number of urea groups is 1. The molecule has 2 amide bonds. The summed E-state index contributed by atoms with van der Waals surface area (Å²) < 4.78 is 0. The van der Waals surface area contributed by atoms with Gasteiger partial charge in [0.15, 0.2) is 0 Å². The standard InChI is InChI=1S/C19H22N2O3/c1-15(17-10-6-3-7-11-17)21(14-16-8-4-2-5-9-16)19(24)20-13-12-18(22)23/h2-11,15H,12-14H2,1H3,(H,20,24)(H,22,23)/t15-/m1/s1. The summed E-state index contributed by atoms with van der Waals surface area (Å²) in [7, 11) is 0. The van der Waals surface area contributed by atoms with Gasteiger partial charge in [-0.2, -0.15) is 0 Å². The van der Waals surface area contributed by atoms with Gasteiger partial charge in [0.05, 0.1) is 12.5 Å². The average Bonchev–Trinajstić information content (AvgIpc) is 2.60. The van der Waals surface area contributed by atoms with Gasteiger partial charge in [0.2, 0.25) is 0 Å². The molecule has 1 atom stereocenters. The maximum absolute atomic E-state index is 12.6. The van der Waals surface area contributed by atoms with Crippen LogP contribution in [0.5, 0.6) is 0 Å². The summed E-state index contributed by atoms with van der Waals surface area (Å²) in [4.78, 5) is 24.9. The van der Waals surface area contributed by atoms with Crippen LogP contribution in [0.15, 0.2) is 60.7 Å². The third kappa shape index (κ3) is 5.12. The fourth-order valence-corrected chi connectivity index (χ4v) is 2.45. The van der Waals surface area contributed by atoms with Crippen LogP contribution in [0, 0.1) is 0 Å². The van der Waals surface area contributed by atoms with Crippen LogP contribution in [0.3, 0.4) is 0 Å². The Morgan fingerprint density at radius 1 is 1.04 bits per heavy atom. The third-order valence-electron chi connectivity index (χ3n) is 3.82. The number of carboxylic acids is 1. The fraction of sp³-hybridized carbons (Fsp3) is 0.263. The minimum atomic E-state index is -0.930. The number of carbonyl (C=O) groups excluding carboxylic acids is 1. The van der Waals surface area contributed by atoms with E-state index in [1.807, 2.05) is 67.6 Å². The number of rotatable bonds is 7. The Morgan fingerprint density at radius 2 is 1.62 bits per heavy atom. The lowest BCUT2D eigenvalue weighted by Crippen LogP contribution is -2.41. The Labute approximate surface area is 141 Å². The maximum atomic E-state index is 12.6. The molecule has 0 fully saturated rings. The second-order valence-corrected chi connectivity index (χ2v) is 5.58. The van der Waals surface area contributed by atoms with Crippen molar-refractivity contribution in [3.05, 3.63) is 71.8 Å². The van der Waals surface area contributed by atoms with Gasteiger partial charge in [-0.25, -0.2) is 4.79 Å². The first kappa shape index (κ1) is 17.5. The molecule has 0 spiro atoms. The van der Waals surface area contributed by atoms with Gasteiger partial charge < -0.3 is 15.3 Å². The third-order valence-corrected chi connectivity index (χ3v) is 3.82. The summed E-state index contributed by atoms with van der Waals surface area (Å²) in [5.74, 6) is -0.930. The molecule has 2 rings (SSSR count). The quantitative estimate of drug-likeness (QED) is 0.819. The maximum Gasteiger partial charge on any atom is 0.318 e. The molecule has 126 valence electrons. The van der Waals surface area contributed by atoms with E-state index >= 15 is 0 Å². The summed E-state index contributed by atoms with van der Waals surface area (Å²) >= 11 is 0. The van der Waals surface area contributed by atoms with E-state index in [-0.39, 0.29) is 25.0 Å². The van der Waals surface area contributed by atoms with Gasteiger partial charge in [0.1, 0.15) is 0 Å². The van der Waals surface area contributed by atoms with E-state index in [1.54, 1.807) is 4.90 Å². The monoisotopic (exact) mass is 326 g/mol. The van der Waals surface area contributed by atoms with Gasteiger partial charge in [-0.3, -0.25) is 4.79 Å². The molecule has 0 aromatic heterocycles. The molecule has 0 heterocycles. The van der Waals surface area contributed by atoms with Gasteiger partial charge in [-0.15, -0.1) is 0 Å². The van der Waals surface area contributed by atoms with E-state index in [9.17, 15) is 9.59 Å². The summed E-state index contributed by atoms with van der Waals surface area (Å²) in [6.07, 6.45) is -0.0926. The van der Waals surface area contributed by atoms with Crippen molar-refractivity contribution < 1.29 is 14.7 Å². The highest BCUT2D eigenvalue weighted by Gasteiger charge is 2.21. The van der Waals surface area contributed by atoms with Crippen molar-refractivity contribution in [1.29, 1.82) is 0 Å². The Balaban J connectivity index is 2.14. The average molecular weight is 326 g/mol. The molecule has 0 aliphatic carbocycles. The summed E-state index contributed by atoms with van der Waals surface area (Å²) in [6, 6.07) is 19.1. The highest BCUT2D eigenvalue weighted by atomic mass is 16.4. The second kappa shape index (κ2) is 8.72. The number of hydrogen-bond donors (Lipinski definition) is 2. The van der Waals surface area contributed by atoms with E-state index in [0.29, 0.717) is 6.54 Å². The number of nitrogens with one attached hydrogen (secondary N) is 1. The number of amides is 2. The van der Waals surface area contributed by atoms with Crippen LogP contribution in [0.2, 0.25) is 0 Å². The van der Waals surface area contributed by atoms with Crippen LogP contribution in [-0.2, 0) is 11.3 Å². The van der Waals surface area contributed by atoms with Crippen molar-refractivity contribution in [3.63, 3.8) is 0 Å². The molecule has 24 heavy (non-hydrogen) atoms. The van der Waals surface area contributed by atoms with Crippen molar-refractivity contribution in [2.24, 2.45) is 0 Å². The molecular formula is C19H22N2O3. The largest absolute Gasteiger partial charge is 0.481 e. The molecule has 2 aromatic rings. The predicted octanol–water partition coefficient (Wildman–Crippen LogP) is 3.43. The summed E-state index contributed by atoms with van der Waals surface area (Å²) in [5, 5.41) is 11.4. The van der Waals surface area contributed by atoms with Crippen molar-refractivity contribution in [1.82, 2.24) is 10.2 Å². The number of hydrogen-bond acceptors (Lipinski definition) is 2. The number of nitrogens with zero attached hydrogens (tertiary/aromatic N) is 1. The Bertz CT molecular complexity index is 659. The normalized spacial score (nSPS) is 11.5. The van der Waals surface area contributed by atoms with Crippen LogP contribution in [0.4, 0.5) is 4.79 Å². The smallest absolute Gasteiger partial charge is 0.318 e. The zero-order chi connectivity index (χ0) is 17.4. The van der Waals surface area contributed by atoms with Crippen LogP contribution in [0.1, 0.15) is 30.5 Å². The van der Waals surface area contributed by atoms with Crippen molar-refractivity contribution in [2.75, 3.05) is 6.54 Å². The van der Waals surface area contributed by atoms with Crippen LogP contribution >= 0.6 is 0 Å². The van der Waals surface area contributed by atoms with Gasteiger partial charge in [-0.05, 0) is 18.1 Å². The number of carbonyl (C=O) groups is 2. The second-order valence-electron chi connectivity index (χ2n) is 5.58. The number of benzene rings is 2. The predicted molar refractivity (Wildman–Crippen MR) is 92.5 cm³/mol.